The molecule has 3 heteroatoms. The summed E-state index contributed by atoms with van der Waals surface area (Å²) in [5, 5.41) is 0.910. The van der Waals surface area contributed by atoms with Crippen molar-refractivity contribution < 1.29 is 9.53 Å². The number of benzene rings is 1. The van der Waals surface area contributed by atoms with Crippen LogP contribution in [0.3, 0.4) is 0 Å². The number of carbonyl (C=O) groups excluding carboxylic acids is 1. The highest BCUT2D eigenvalue weighted by atomic mass is 16.5. The lowest BCUT2D eigenvalue weighted by molar-refractivity contribution is 0.112. The molecule has 0 atom stereocenters. The predicted octanol–water partition coefficient (Wildman–Crippen LogP) is 4.29. The van der Waals surface area contributed by atoms with Gasteiger partial charge in [-0.3, -0.25) is 4.79 Å². The molecule has 0 saturated heterocycles. The lowest BCUT2D eigenvalue weighted by atomic mass is 10.2. The van der Waals surface area contributed by atoms with Crippen LogP contribution in [-0.2, 0) is 0 Å². The van der Waals surface area contributed by atoms with E-state index in [1.165, 1.54) is 0 Å². The van der Waals surface area contributed by atoms with Gasteiger partial charge in [-0.05, 0) is 24.6 Å². The van der Waals surface area contributed by atoms with Crippen LogP contribution >= 0.6 is 0 Å². The standard InChI is InChI=1S/C15H15NO2.C2H4/c1-3-11(4-2)10-18-13-5-6-14-12(9-17)8-16-15(14)7-13;1-2/h3-9,16H,1,10H2,2H3;1-2H2/b11-4+;. The first kappa shape index (κ1) is 15.5. The van der Waals surface area contributed by atoms with E-state index >= 15 is 0 Å². The molecule has 0 bridgehead atoms. The molecule has 0 fully saturated rings. The number of aromatic nitrogens is 1. The summed E-state index contributed by atoms with van der Waals surface area (Å²) >= 11 is 0. The maximum absolute atomic E-state index is 10.8. The molecule has 0 saturated carbocycles. The number of hydrogen-bond donors (Lipinski definition) is 1. The summed E-state index contributed by atoms with van der Waals surface area (Å²) in [4.78, 5) is 13.8. The van der Waals surface area contributed by atoms with E-state index in [-0.39, 0.29) is 0 Å². The van der Waals surface area contributed by atoms with E-state index in [0.29, 0.717) is 12.2 Å². The van der Waals surface area contributed by atoms with Crippen LogP contribution in [0.25, 0.3) is 10.9 Å². The van der Waals surface area contributed by atoms with Gasteiger partial charge in [0.05, 0.1) is 0 Å². The Hall–Kier alpha value is -2.55. The summed E-state index contributed by atoms with van der Waals surface area (Å²) < 4.78 is 5.65. The highest BCUT2D eigenvalue weighted by Crippen LogP contribution is 2.22. The van der Waals surface area contributed by atoms with Crippen LogP contribution in [0.4, 0.5) is 0 Å². The number of allylic oxidation sites excluding steroid dienone is 1. The topological polar surface area (TPSA) is 42.1 Å². The normalized spacial score (nSPS) is 10.6. The Morgan fingerprint density at radius 3 is 2.75 bits per heavy atom. The fourth-order valence-corrected chi connectivity index (χ4v) is 1.74. The van der Waals surface area contributed by atoms with Gasteiger partial charge in [-0.1, -0.05) is 18.7 Å². The zero-order valence-electron chi connectivity index (χ0n) is 11.7. The molecule has 1 heterocycles. The summed E-state index contributed by atoms with van der Waals surface area (Å²) in [6, 6.07) is 5.63. The number of carbonyl (C=O) groups is 1. The molecule has 20 heavy (non-hydrogen) atoms. The Morgan fingerprint density at radius 1 is 1.40 bits per heavy atom. The number of aldehydes is 1. The van der Waals surface area contributed by atoms with Gasteiger partial charge in [-0.25, -0.2) is 0 Å². The number of aromatic amines is 1. The molecule has 1 aromatic heterocycles. The first-order chi connectivity index (χ1) is 9.78. The van der Waals surface area contributed by atoms with Crippen molar-refractivity contribution in [3.8, 4) is 5.75 Å². The van der Waals surface area contributed by atoms with Crippen LogP contribution in [0.2, 0.25) is 0 Å². The number of rotatable bonds is 5. The number of fused-ring (bicyclic) bond motifs is 1. The zero-order chi connectivity index (χ0) is 15.0. The molecule has 1 aromatic carbocycles. The van der Waals surface area contributed by atoms with Gasteiger partial charge in [0.15, 0.2) is 6.29 Å². The van der Waals surface area contributed by atoms with E-state index in [1.54, 1.807) is 12.3 Å². The van der Waals surface area contributed by atoms with Gasteiger partial charge in [0, 0.05) is 28.7 Å². The van der Waals surface area contributed by atoms with Gasteiger partial charge in [-0.2, -0.15) is 0 Å². The van der Waals surface area contributed by atoms with Crippen LogP contribution in [0, 0.1) is 0 Å². The Bertz CT molecular complexity index is 623. The van der Waals surface area contributed by atoms with Crippen molar-refractivity contribution in [2.75, 3.05) is 6.61 Å². The molecular formula is C17H19NO2. The maximum Gasteiger partial charge on any atom is 0.152 e. The van der Waals surface area contributed by atoms with E-state index in [4.69, 9.17) is 4.74 Å². The van der Waals surface area contributed by atoms with E-state index < -0.39 is 0 Å². The first-order valence-corrected chi connectivity index (χ1v) is 6.25. The fraction of sp³-hybridized carbons (Fsp3) is 0.118. The van der Waals surface area contributed by atoms with Crippen molar-refractivity contribution in [2.24, 2.45) is 0 Å². The summed E-state index contributed by atoms with van der Waals surface area (Å²) in [5.74, 6) is 0.767. The highest BCUT2D eigenvalue weighted by molar-refractivity contribution is 5.97. The Morgan fingerprint density at radius 2 is 2.15 bits per heavy atom. The van der Waals surface area contributed by atoms with Crippen molar-refractivity contribution in [3.63, 3.8) is 0 Å². The molecule has 0 aliphatic heterocycles. The average Bonchev–Trinajstić information content (AvgIpc) is 2.92. The zero-order valence-corrected chi connectivity index (χ0v) is 11.7. The first-order valence-electron chi connectivity index (χ1n) is 6.25. The minimum absolute atomic E-state index is 0.493. The maximum atomic E-state index is 10.8. The second kappa shape index (κ2) is 7.79. The Kier molecular flexibility index (Phi) is 6.04. The summed E-state index contributed by atoms with van der Waals surface area (Å²) in [6.45, 7) is 12.2. The van der Waals surface area contributed by atoms with Crippen molar-refractivity contribution in [3.05, 3.63) is 67.4 Å². The van der Waals surface area contributed by atoms with Crippen LogP contribution in [0.15, 0.2) is 61.9 Å². The van der Waals surface area contributed by atoms with Gasteiger partial charge in [0.25, 0.3) is 0 Å². The predicted molar refractivity (Wildman–Crippen MR) is 84.4 cm³/mol. The van der Waals surface area contributed by atoms with Crippen molar-refractivity contribution >= 4 is 17.2 Å². The third-order valence-corrected chi connectivity index (χ3v) is 2.85. The molecule has 0 amide bonds. The highest BCUT2D eigenvalue weighted by Gasteiger charge is 2.04. The molecule has 0 spiro atoms. The van der Waals surface area contributed by atoms with E-state index in [1.807, 2.05) is 31.2 Å². The minimum Gasteiger partial charge on any atom is -0.489 e. The van der Waals surface area contributed by atoms with Crippen molar-refractivity contribution in [1.82, 2.24) is 4.98 Å². The van der Waals surface area contributed by atoms with Crippen LogP contribution in [0.1, 0.15) is 17.3 Å². The Labute approximate surface area is 119 Å². The number of nitrogens with one attached hydrogen (secondary N) is 1. The smallest absolute Gasteiger partial charge is 0.152 e. The SMILES string of the molecule is C=C.C=C/C(=C\C)COc1ccc2c(C=O)c[nH]c2c1. The molecule has 104 valence electrons. The summed E-state index contributed by atoms with van der Waals surface area (Å²) in [6.07, 6.45) is 6.28. The average molecular weight is 269 g/mol. The van der Waals surface area contributed by atoms with Crippen molar-refractivity contribution in [2.45, 2.75) is 6.92 Å². The molecule has 0 radical (unpaired) electrons. The fourth-order valence-electron chi connectivity index (χ4n) is 1.74. The quantitative estimate of drug-likeness (QED) is 0.499. The van der Waals surface area contributed by atoms with E-state index in [2.05, 4.69) is 24.7 Å². The van der Waals surface area contributed by atoms with E-state index in [0.717, 1.165) is 28.5 Å². The summed E-state index contributed by atoms with van der Waals surface area (Å²) in [7, 11) is 0. The van der Waals surface area contributed by atoms with Crippen LogP contribution < -0.4 is 4.74 Å². The number of hydrogen-bond acceptors (Lipinski definition) is 2. The third-order valence-electron chi connectivity index (χ3n) is 2.85. The number of ether oxygens (including phenoxy) is 1. The van der Waals surface area contributed by atoms with Gasteiger partial charge < -0.3 is 9.72 Å². The third kappa shape index (κ3) is 3.48. The largest absolute Gasteiger partial charge is 0.489 e. The summed E-state index contributed by atoms with van der Waals surface area (Å²) in [5.41, 5.74) is 2.60. The van der Waals surface area contributed by atoms with Gasteiger partial charge >= 0.3 is 0 Å². The van der Waals surface area contributed by atoms with Crippen LogP contribution in [0.5, 0.6) is 5.75 Å². The molecule has 0 aliphatic rings. The molecule has 0 aliphatic carbocycles. The second-order valence-electron chi connectivity index (χ2n) is 3.93. The van der Waals surface area contributed by atoms with E-state index in [9.17, 15) is 4.79 Å². The van der Waals surface area contributed by atoms with Gasteiger partial charge in [0.1, 0.15) is 12.4 Å². The number of H-pyrrole nitrogens is 1. The molecule has 2 aromatic rings. The van der Waals surface area contributed by atoms with Crippen molar-refractivity contribution in [1.29, 1.82) is 0 Å². The molecule has 2 rings (SSSR count). The van der Waals surface area contributed by atoms with Gasteiger partial charge in [0.2, 0.25) is 0 Å². The lowest BCUT2D eigenvalue weighted by Gasteiger charge is -2.06. The molecule has 0 unspecified atom stereocenters. The molecule has 3 nitrogen and oxygen atoms in total. The van der Waals surface area contributed by atoms with Crippen LogP contribution in [-0.4, -0.2) is 17.9 Å². The minimum atomic E-state index is 0.493. The Balaban J connectivity index is 0.000000956. The van der Waals surface area contributed by atoms with Gasteiger partial charge in [-0.15, -0.1) is 13.2 Å². The monoisotopic (exact) mass is 269 g/mol. The molecular weight excluding hydrogens is 250 g/mol. The lowest BCUT2D eigenvalue weighted by Crippen LogP contribution is -1.98. The second-order valence-corrected chi connectivity index (χ2v) is 3.93. The molecule has 1 N–H and O–H groups in total.